The first kappa shape index (κ1) is 32.3. The first-order chi connectivity index (χ1) is 18.2. The van der Waals surface area contributed by atoms with Crippen LogP contribution in [0.4, 0.5) is 0 Å². The number of carbonyl (C=O) groups excluding carboxylic acids is 1. The van der Waals surface area contributed by atoms with Crippen molar-refractivity contribution in [2.75, 3.05) is 0 Å². The molecule has 0 saturated heterocycles. The van der Waals surface area contributed by atoms with E-state index in [1.165, 1.54) is 51.8 Å². The Morgan fingerprint density at radius 1 is 0.816 bits per heavy atom. The second kappa shape index (κ2) is 16.3. The van der Waals surface area contributed by atoms with E-state index in [1.54, 1.807) is 15.7 Å². The fourth-order valence-electron chi connectivity index (χ4n) is 5.60. The summed E-state index contributed by atoms with van der Waals surface area (Å²) in [6, 6.07) is 19.3. The van der Waals surface area contributed by atoms with Gasteiger partial charge in [0.1, 0.15) is 0 Å². The molecule has 0 radical (unpaired) electrons. The molecule has 0 aliphatic carbocycles. The Bertz CT molecular complexity index is 1000. The standard InChI is InChI=1S/C22H24NO2.3C4H9.Sn/c1-17(2)15-16-22(3,4)20(18-11-7-5-8-12-18)23-25-21(24)19-13-9-6-10-14-19;3*1-3-4-2;/h5-14,16-17H,1-4H3;3*1,3-4H2,2H3;/b16-15?,23-20+;;;;. The molecule has 0 N–H and O–H groups in total. The summed E-state index contributed by atoms with van der Waals surface area (Å²) in [5, 5.41) is 4.57. The second-order valence-electron chi connectivity index (χ2n) is 11.6. The number of hydrogen-bond donors (Lipinski definition) is 0. The van der Waals surface area contributed by atoms with Crippen LogP contribution in [-0.2, 0) is 4.84 Å². The van der Waals surface area contributed by atoms with Crippen molar-refractivity contribution >= 4 is 30.1 Å². The minimum absolute atomic E-state index is 0.384. The summed E-state index contributed by atoms with van der Waals surface area (Å²) in [6.45, 7) is 16.3. The minimum atomic E-state index is -2.68. The fraction of sp³-hybridized carbons (Fsp3) is 0.529. The van der Waals surface area contributed by atoms with Crippen LogP contribution in [0.15, 0.2) is 75.5 Å². The molecule has 2 aromatic carbocycles. The van der Waals surface area contributed by atoms with Crippen LogP contribution in [0.5, 0.6) is 0 Å². The first-order valence-corrected chi connectivity index (χ1v) is 22.3. The number of carbonyl (C=O) groups is 1. The molecular formula is C34H51NO2Sn. The third kappa shape index (κ3) is 9.39. The third-order valence-corrected chi connectivity index (χ3v) is 24.4. The van der Waals surface area contributed by atoms with E-state index in [2.05, 4.69) is 71.8 Å². The van der Waals surface area contributed by atoms with Crippen LogP contribution in [-0.4, -0.2) is 30.1 Å². The second-order valence-corrected chi connectivity index (χ2v) is 24.9. The molecule has 0 aliphatic rings. The summed E-state index contributed by atoms with van der Waals surface area (Å²) < 4.78 is 6.06. The molecule has 0 bridgehead atoms. The van der Waals surface area contributed by atoms with Gasteiger partial charge in [0.05, 0.1) is 0 Å². The number of rotatable bonds is 16. The Balaban J connectivity index is 2.62. The van der Waals surface area contributed by atoms with E-state index in [1.807, 2.05) is 36.4 Å². The van der Waals surface area contributed by atoms with Crippen LogP contribution < -0.4 is 0 Å². The van der Waals surface area contributed by atoms with Gasteiger partial charge in [-0.2, -0.15) is 0 Å². The zero-order valence-electron chi connectivity index (χ0n) is 25.1. The molecule has 0 atom stereocenters. The summed E-state index contributed by atoms with van der Waals surface area (Å²) in [5.41, 5.74) is 1.93. The van der Waals surface area contributed by atoms with Crippen molar-refractivity contribution in [3.05, 3.63) is 81.5 Å². The van der Waals surface area contributed by atoms with Gasteiger partial charge in [-0.05, 0) is 0 Å². The predicted octanol–water partition coefficient (Wildman–Crippen LogP) is 10.2. The molecule has 0 heterocycles. The molecule has 2 rings (SSSR count). The molecule has 208 valence electrons. The van der Waals surface area contributed by atoms with Crippen molar-refractivity contribution in [1.29, 1.82) is 0 Å². The zero-order chi connectivity index (χ0) is 28.0. The first-order valence-electron chi connectivity index (χ1n) is 14.8. The molecule has 0 unspecified atom stereocenters. The Labute approximate surface area is 237 Å². The molecule has 0 aliphatic heterocycles. The number of allylic oxidation sites excluding steroid dienone is 2. The van der Waals surface area contributed by atoms with Gasteiger partial charge < -0.3 is 0 Å². The summed E-state index contributed by atoms with van der Waals surface area (Å²) >= 11 is -2.68. The van der Waals surface area contributed by atoms with Crippen LogP contribution in [0.1, 0.15) is 103 Å². The number of unbranched alkanes of at least 4 members (excludes halogenated alkanes) is 3. The van der Waals surface area contributed by atoms with Gasteiger partial charge in [-0.15, -0.1) is 0 Å². The average Bonchev–Trinajstić information content (AvgIpc) is 2.92. The molecule has 0 fully saturated rings. The van der Waals surface area contributed by atoms with Crippen molar-refractivity contribution in [2.45, 2.75) is 100 Å². The van der Waals surface area contributed by atoms with Gasteiger partial charge in [-0.3, -0.25) is 0 Å². The predicted molar refractivity (Wildman–Crippen MR) is 166 cm³/mol. The Hall–Kier alpha value is -1.88. The molecule has 0 aromatic heterocycles. The van der Waals surface area contributed by atoms with Gasteiger partial charge in [0, 0.05) is 0 Å². The molecule has 0 saturated carbocycles. The van der Waals surface area contributed by atoms with Crippen LogP contribution >= 0.6 is 0 Å². The average molecular weight is 624 g/mol. The van der Waals surface area contributed by atoms with E-state index in [9.17, 15) is 4.79 Å². The van der Waals surface area contributed by atoms with Crippen LogP contribution in [0.3, 0.4) is 0 Å². The number of benzene rings is 2. The topological polar surface area (TPSA) is 38.7 Å². The summed E-state index contributed by atoms with van der Waals surface area (Å²) in [4.78, 5) is 18.4. The van der Waals surface area contributed by atoms with Crippen LogP contribution in [0.2, 0.25) is 13.3 Å². The van der Waals surface area contributed by atoms with Crippen LogP contribution in [0.25, 0.3) is 0 Å². The van der Waals surface area contributed by atoms with Crippen molar-refractivity contribution in [1.82, 2.24) is 0 Å². The SMILES string of the molecule is CCC[CH2][Sn]([CH2]CCC)([CH2]CCC)/[C](=C/C(C)(C)/C(=N/OC(=O)c1ccccc1)c1ccccc1)C(C)C. The normalized spacial score (nSPS) is 13.2. The van der Waals surface area contributed by atoms with E-state index in [0.717, 1.165) is 11.3 Å². The van der Waals surface area contributed by atoms with E-state index in [-0.39, 0.29) is 5.41 Å². The number of hydrogen-bond acceptors (Lipinski definition) is 3. The third-order valence-electron chi connectivity index (χ3n) is 7.66. The molecular weight excluding hydrogens is 573 g/mol. The maximum atomic E-state index is 12.8. The Morgan fingerprint density at radius 3 is 1.68 bits per heavy atom. The van der Waals surface area contributed by atoms with Crippen molar-refractivity contribution < 1.29 is 9.63 Å². The van der Waals surface area contributed by atoms with Gasteiger partial charge in [-0.25, -0.2) is 0 Å². The zero-order valence-corrected chi connectivity index (χ0v) is 27.9. The van der Waals surface area contributed by atoms with Gasteiger partial charge in [0.15, 0.2) is 0 Å². The molecule has 0 spiro atoms. The van der Waals surface area contributed by atoms with E-state index in [4.69, 9.17) is 4.84 Å². The molecule has 3 nitrogen and oxygen atoms in total. The Kier molecular flexibility index (Phi) is 13.8. The van der Waals surface area contributed by atoms with Crippen LogP contribution in [0, 0.1) is 11.3 Å². The number of nitrogens with zero attached hydrogens (tertiary/aromatic N) is 1. The molecule has 2 aromatic rings. The van der Waals surface area contributed by atoms with Crippen molar-refractivity contribution in [3.8, 4) is 0 Å². The van der Waals surface area contributed by atoms with Gasteiger partial charge in [0.25, 0.3) is 0 Å². The van der Waals surface area contributed by atoms with Gasteiger partial charge >= 0.3 is 238 Å². The summed E-state index contributed by atoms with van der Waals surface area (Å²) in [7, 11) is 0. The van der Waals surface area contributed by atoms with Crippen molar-refractivity contribution in [3.63, 3.8) is 0 Å². The van der Waals surface area contributed by atoms with Crippen molar-refractivity contribution in [2.24, 2.45) is 16.5 Å². The number of oxime groups is 1. The summed E-state index contributed by atoms with van der Waals surface area (Å²) in [5.74, 6) is 0.0878. The van der Waals surface area contributed by atoms with E-state index < -0.39 is 24.3 Å². The van der Waals surface area contributed by atoms with E-state index in [0.29, 0.717) is 11.5 Å². The monoisotopic (exact) mass is 625 g/mol. The quantitative estimate of drug-likeness (QED) is 0.0807. The Morgan fingerprint density at radius 2 is 1.26 bits per heavy atom. The molecule has 4 heteroatoms. The van der Waals surface area contributed by atoms with Gasteiger partial charge in [0.2, 0.25) is 0 Å². The maximum absolute atomic E-state index is 12.8. The molecule has 38 heavy (non-hydrogen) atoms. The molecule has 0 amide bonds. The van der Waals surface area contributed by atoms with E-state index >= 15 is 0 Å². The summed E-state index contributed by atoms with van der Waals surface area (Å²) in [6.07, 6.45) is 10.4. The van der Waals surface area contributed by atoms with Gasteiger partial charge in [-0.1, -0.05) is 0 Å². The fourth-order valence-corrected chi connectivity index (χ4v) is 24.4.